The van der Waals surface area contributed by atoms with Crippen molar-refractivity contribution in [3.8, 4) is 28.1 Å². The van der Waals surface area contributed by atoms with Gasteiger partial charge >= 0.3 is 0 Å². The van der Waals surface area contributed by atoms with Gasteiger partial charge in [-0.05, 0) is 56.7 Å². The minimum atomic E-state index is -0.909. The third kappa shape index (κ3) is 3.67. The molecule has 0 amide bonds. The Morgan fingerprint density at radius 3 is 2.50 bits per heavy atom. The van der Waals surface area contributed by atoms with E-state index in [1.54, 1.807) is 24.3 Å². The van der Waals surface area contributed by atoms with Crippen molar-refractivity contribution < 1.29 is 13.9 Å². The van der Waals surface area contributed by atoms with E-state index < -0.39 is 11.6 Å². The SMILES string of the molecule is Cc1ccc(O)c(-c2cc(-c3cccc(F)c3F)cc(NC(C)C)n2)c1. The van der Waals surface area contributed by atoms with Crippen LogP contribution in [0.3, 0.4) is 0 Å². The summed E-state index contributed by atoms with van der Waals surface area (Å²) in [5.74, 6) is -1.21. The fourth-order valence-electron chi connectivity index (χ4n) is 2.78. The average molecular weight is 354 g/mol. The lowest BCUT2D eigenvalue weighted by atomic mass is 10.0. The van der Waals surface area contributed by atoms with Gasteiger partial charge in [0.1, 0.15) is 11.6 Å². The lowest BCUT2D eigenvalue weighted by Gasteiger charge is -2.14. The van der Waals surface area contributed by atoms with Crippen molar-refractivity contribution in [2.24, 2.45) is 0 Å². The second kappa shape index (κ2) is 7.12. The molecule has 3 rings (SSSR count). The number of hydrogen-bond donors (Lipinski definition) is 2. The predicted molar refractivity (Wildman–Crippen MR) is 100 cm³/mol. The molecule has 3 nitrogen and oxygen atoms in total. The first-order valence-electron chi connectivity index (χ1n) is 8.38. The maximum Gasteiger partial charge on any atom is 0.166 e. The van der Waals surface area contributed by atoms with Crippen LogP contribution in [0.25, 0.3) is 22.4 Å². The number of benzene rings is 2. The molecule has 2 N–H and O–H groups in total. The van der Waals surface area contributed by atoms with Crippen molar-refractivity contribution in [1.29, 1.82) is 0 Å². The normalized spacial score (nSPS) is 11.0. The molecule has 1 aromatic heterocycles. The van der Waals surface area contributed by atoms with Gasteiger partial charge in [0.2, 0.25) is 0 Å². The highest BCUT2D eigenvalue weighted by Crippen LogP contribution is 2.34. The van der Waals surface area contributed by atoms with Crippen LogP contribution in [0.15, 0.2) is 48.5 Å². The van der Waals surface area contributed by atoms with Gasteiger partial charge in [0.25, 0.3) is 0 Å². The van der Waals surface area contributed by atoms with Crippen LogP contribution in [0, 0.1) is 18.6 Å². The van der Waals surface area contributed by atoms with Crippen LogP contribution >= 0.6 is 0 Å². The number of rotatable bonds is 4. The molecule has 0 saturated heterocycles. The van der Waals surface area contributed by atoms with Gasteiger partial charge in [0, 0.05) is 17.2 Å². The number of halogens is 2. The van der Waals surface area contributed by atoms with E-state index in [9.17, 15) is 13.9 Å². The maximum absolute atomic E-state index is 14.3. The molecule has 2 aromatic carbocycles. The quantitative estimate of drug-likeness (QED) is 0.648. The van der Waals surface area contributed by atoms with Crippen LogP contribution in [-0.4, -0.2) is 16.1 Å². The standard InChI is InChI=1S/C21H20F2N2O/c1-12(2)24-20-11-14(15-5-4-6-17(22)21(15)23)10-18(25-20)16-9-13(3)7-8-19(16)26/h4-12,26H,1-3H3,(H,24,25). The van der Waals surface area contributed by atoms with E-state index >= 15 is 0 Å². The topological polar surface area (TPSA) is 45.1 Å². The highest BCUT2D eigenvalue weighted by atomic mass is 19.2. The molecule has 1 heterocycles. The molecule has 0 aliphatic rings. The number of nitrogens with zero attached hydrogens (tertiary/aromatic N) is 1. The zero-order valence-corrected chi connectivity index (χ0v) is 14.8. The smallest absolute Gasteiger partial charge is 0.166 e. The second-order valence-corrected chi connectivity index (χ2v) is 6.55. The molecule has 0 spiro atoms. The maximum atomic E-state index is 14.3. The number of hydrogen-bond acceptors (Lipinski definition) is 3. The summed E-state index contributed by atoms with van der Waals surface area (Å²) in [6.45, 7) is 5.83. The number of nitrogens with one attached hydrogen (secondary N) is 1. The summed E-state index contributed by atoms with van der Waals surface area (Å²) in [4.78, 5) is 4.54. The monoisotopic (exact) mass is 354 g/mol. The molecule has 0 bridgehead atoms. The van der Waals surface area contributed by atoms with Gasteiger partial charge in [-0.25, -0.2) is 13.8 Å². The van der Waals surface area contributed by atoms with Crippen LogP contribution in [0.5, 0.6) is 5.75 Å². The molecule has 26 heavy (non-hydrogen) atoms. The Kier molecular flexibility index (Phi) is 4.89. The van der Waals surface area contributed by atoms with E-state index in [4.69, 9.17) is 0 Å². The summed E-state index contributed by atoms with van der Waals surface area (Å²) >= 11 is 0. The molecule has 0 atom stereocenters. The van der Waals surface area contributed by atoms with Gasteiger partial charge in [-0.2, -0.15) is 0 Å². The van der Waals surface area contributed by atoms with Gasteiger partial charge in [-0.3, -0.25) is 0 Å². The highest BCUT2D eigenvalue weighted by Gasteiger charge is 2.15. The first-order chi connectivity index (χ1) is 12.3. The predicted octanol–water partition coefficient (Wildman–Crippen LogP) is 5.53. The number of anilines is 1. The van der Waals surface area contributed by atoms with Gasteiger partial charge < -0.3 is 10.4 Å². The zero-order chi connectivity index (χ0) is 18.8. The zero-order valence-electron chi connectivity index (χ0n) is 14.8. The third-order valence-electron chi connectivity index (χ3n) is 3.95. The van der Waals surface area contributed by atoms with E-state index in [1.807, 2.05) is 26.8 Å². The summed E-state index contributed by atoms with van der Waals surface area (Å²) in [6, 6.07) is 12.7. The van der Waals surface area contributed by atoms with Gasteiger partial charge in [0.05, 0.1) is 5.69 Å². The molecule has 3 aromatic rings. The highest BCUT2D eigenvalue weighted by molar-refractivity contribution is 5.77. The van der Waals surface area contributed by atoms with Crippen molar-refractivity contribution in [3.05, 3.63) is 65.7 Å². The Labute approximate surface area is 151 Å². The van der Waals surface area contributed by atoms with Crippen molar-refractivity contribution in [1.82, 2.24) is 4.98 Å². The van der Waals surface area contributed by atoms with Crippen LogP contribution in [0.2, 0.25) is 0 Å². The molecule has 0 aliphatic carbocycles. The van der Waals surface area contributed by atoms with Crippen molar-refractivity contribution in [2.45, 2.75) is 26.8 Å². The van der Waals surface area contributed by atoms with Crippen LogP contribution in [-0.2, 0) is 0 Å². The number of phenols is 1. The molecule has 0 aliphatic heterocycles. The fourth-order valence-corrected chi connectivity index (χ4v) is 2.78. The summed E-state index contributed by atoms with van der Waals surface area (Å²) in [5, 5.41) is 13.4. The van der Waals surface area contributed by atoms with E-state index in [-0.39, 0.29) is 17.4 Å². The molecule has 0 saturated carbocycles. The Balaban J connectivity index is 2.22. The Morgan fingerprint density at radius 1 is 1.00 bits per heavy atom. The number of phenolic OH excluding ortho intramolecular Hbond substituents is 1. The summed E-state index contributed by atoms with van der Waals surface area (Å²) < 4.78 is 28.0. The summed E-state index contributed by atoms with van der Waals surface area (Å²) in [6.07, 6.45) is 0. The van der Waals surface area contributed by atoms with Gasteiger partial charge in [-0.1, -0.05) is 23.8 Å². The lowest BCUT2D eigenvalue weighted by molar-refractivity contribution is 0.477. The van der Waals surface area contributed by atoms with Gasteiger partial charge in [0.15, 0.2) is 11.6 Å². The Hall–Kier alpha value is -2.95. The summed E-state index contributed by atoms with van der Waals surface area (Å²) in [5.41, 5.74) is 2.61. The molecule has 5 heteroatoms. The molecular weight excluding hydrogens is 334 g/mol. The average Bonchev–Trinajstić information content (AvgIpc) is 2.58. The first-order valence-corrected chi connectivity index (χ1v) is 8.38. The van der Waals surface area contributed by atoms with Crippen LogP contribution in [0.1, 0.15) is 19.4 Å². The van der Waals surface area contributed by atoms with E-state index in [0.29, 0.717) is 22.6 Å². The lowest BCUT2D eigenvalue weighted by Crippen LogP contribution is -2.11. The molecule has 0 fully saturated rings. The van der Waals surface area contributed by atoms with Crippen LogP contribution in [0.4, 0.5) is 14.6 Å². The number of aromatic hydroxyl groups is 1. The van der Waals surface area contributed by atoms with E-state index in [2.05, 4.69) is 10.3 Å². The number of aromatic nitrogens is 1. The van der Waals surface area contributed by atoms with Crippen molar-refractivity contribution in [2.75, 3.05) is 5.32 Å². The Bertz CT molecular complexity index is 934. The largest absolute Gasteiger partial charge is 0.507 e. The van der Waals surface area contributed by atoms with Crippen molar-refractivity contribution in [3.63, 3.8) is 0 Å². The van der Waals surface area contributed by atoms with Crippen molar-refractivity contribution >= 4 is 5.82 Å². The van der Waals surface area contributed by atoms with E-state index in [1.165, 1.54) is 12.1 Å². The molecule has 134 valence electrons. The van der Waals surface area contributed by atoms with Gasteiger partial charge in [-0.15, -0.1) is 0 Å². The second-order valence-electron chi connectivity index (χ2n) is 6.55. The fraction of sp³-hybridized carbons (Fsp3) is 0.190. The third-order valence-corrected chi connectivity index (χ3v) is 3.95. The minimum absolute atomic E-state index is 0.0791. The summed E-state index contributed by atoms with van der Waals surface area (Å²) in [7, 11) is 0. The molecule has 0 unspecified atom stereocenters. The number of pyridine rings is 1. The number of aryl methyl sites for hydroxylation is 1. The van der Waals surface area contributed by atoms with Crippen LogP contribution < -0.4 is 5.32 Å². The molecular formula is C21H20F2N2O. The van der Waals surface area contributed by atoms with E-state index in [0.717, 1.165) is 11.6 Å². The Morgan fingerprint density at radius 2 is 1.77 bits per heavy atom. The molecule has 0 radical (unpaired) electrons. The minimum Gasteiger partial charge on any atom is -0.507 e. The first kappa shape index (κ1) is 17.9.